The van der Waals surface area contributed by atoms with Crippen LogP contribution in [0.2, 0.25) is 0 Å². The van der Waals surface area contributed by atoms with Gasteiger partial charge in [-0.2, -0.15) is 0 Å². The van der Waals surface area contributed by atoms with Crippen LogP contribution in [0, 0.1) is 0 Å². The standard InChI is InChI=1S/C15H20N4S/c1-15(2,3)18-9-11-12(10-5-6-10)19-14(20-11)13-16-7-4-8-17-13/h4,7-8,10,18H,5-6,9H2,1-3H3. The van der Waals surface area contributed by atoms with Crippen LogP contribution in [0.1, 0.15) is 50.1 Å². The minimum Gasteiger partial charge on any atom is -0.307 e. The first-order valence-electron chi connectivity index (χ1n) is 7.05. The van der Waals surface area contributed by atoms with E-state index in [1.54, 1.807) is 23.7 Å². The Morgan fingerprint density at radius 2 is 1.95 bits per heavy atom. The van der Waals surface area contributed by atoms with Gasteiger partial charge in [0.25, 0.3) is 0 Å². The highest BCUT2D eigenvalue weighted by atomic mass is 32.1. The summed E-state index contributed by atoms with van der Waals surface area (Å²) < 4.78 is 0. The van der Waals surface area contributed by atoms with Crippen molar-refractivity contribution < 1.29 is 0 Å². The molecule has 1 aliphatic rings. The monoisotopic (exact) mass is 288 g/mol. The Hall–Kier alpha value is -1.33. The van der Waals surface area contributed by atoms with Gasteiger partial charge in [-0.15, -0.1) is 11.3 Å². The first-order chi connectivity index (χ1) is 9.53. The van der Waals surface area contributed by atoms with Crippen LogP contribution >= 0.6 is 11.3 Å². The summed E-state index contributed by atoms with van der Waals surface area (Å²) >= 11 is 1.72. The summed E-state index contributed by atoms with van der Waals surface area (Å²) in [5, 5.41) is 4.50. The smallest absolute Gasteiger partial charge is 0.188 e. The summed E-state index contributed by atoms with van der Waals surface area (Å²) in [4.78, 5) is 14.8. The summed E-state index contributed by atoms with van der Waals surface area (Å²) in [5.74, 6) is 1.39. The number of aromatic nitrogens is 3. The van der Waals surface area contributed by atoms with Crippen molar-refractivity contribution in [3.05, 3.63) is 29.0 Å². The van der Waals surface area contributed by atoms with E-state index >= 15 is 0 Å². The van der Waals surface area contributed by atoms with Crippen molar-refractivity contribution in [1.29, 1.82) is 0 Å². The maximum atomic E-state index is 4.80. The minimum absolute atomic E-state index is 0.119. The number of hydrogen-bond donors (Lipinski definition) is 1. The van der Waals surface area contributed by atoms with Crippen LogP contribution < -0.4 is 5.32 Å². The van der Waals surface area contributed by atoms with Crippen LogP contribution in [0.4, 0.5) is 0 Å². The molecule has 0 unspecified atom stereocenters. The van der Waals surface area contributed by atoms with Gasteiger partial charge in [0, 0.05) is 35.3 Å². The molecule has 3 rings (SSSR count). The zero-order chi connectivity index (χ0) is 14.2. The van der Waals surface area contributed by atoms with E-state index in [-0.39, 0.29) is 5.54 Å². The number of rotatable bonds is 4. The Balaban J connectivity index is 1.87. The second-order valence-corrected chi connectivity index (χ2v) is 7.36. The van der Waals surface area contributed by atoms with E-state index in [1.165, 1.54) is 23.4 Å². The first-order valence-corrected chi connectivity index (χ1v) is 7.86. The molecule has 0 aliphatic heterocycles. The Labute approximate surface area is 123 Å². The molecule has 2 aromatic rings. The molecule has 0 amide bonds. The summed E-state index contributed by atoms with van der Waals surface area (Å²) in [6.07, 6.45) is 6.07. The molecule has 1 N–H and O–H groups in total. The van der Waals surface area contributed by atoms with Gasteiger partial charge in [0.1, 0.15) is 0 Å². The average Bonchev–Trinajstić information content (AvgIpc) is 3.17. The van der Waals surface area contributed by atoms with Crippen LogP contribution in [0.15, 0.2) is 18.5 Å². The lowest BCUT2D eigenvalue weighted by Crippen LogP contribution is -2.35. The van der Waals surface area contributed by atoms with Gasteiger partial charge < -0.3 is 5.32 Å². The van der Waals surface area contributed by atoms with Crippen molar-refractivity contribution in [1.82, 2.24) is 20.3 Å². The second kappa shape index (κ2) is 5.22. The zero-order valence-corrected chi connectivity index (χ0v) is 13.0. The van der Waals surface area contributed by atoms with E-state index in [9.17, 15) is 0 Å². The molecule has 1 saturated carbocycles. The largest absolute Gasteiger partial charge is 0.307 e. The van der Waals surface area contributed by atoms with Gasteiger partial charge in [0.2, 0.25) is 0 Å². The zero-order valence-electron chi connectivity index (χ0n) is 12.2. The predicted molar refractivity (Wildman–Crippen MR) is 81.7 cm³/mol. The van der Waals surface area contributed by atoms with Crippen LogP contribution in [-0.2, 0) is 6.54 Å². The number of thiazole rings is 1. The summed E-state index contributed by atoms with van der Waals surface area (Å²) in [7, 11) is 0. The molecule has 0 saturated heterocycles. The molecule has 1 fully saturated rings. The molecule has 5 heteroatoms. The van der Waals surface area contributed by atoms with Gasteiger partial charge in [0.05, 0.1) is 5.69 Å². The molecule has 0 radical (unpaired) electrons. The van der Waals surface area contributed by atoms with E-state index in [0.29, 0.717) is 5.92 Å². The number of nitrogens with zero attached hydrogens (tertiary/aromatic N) is 3. The molecule has 4 nitrogen and oxygen atoms in total. The molecule has 0 bridgehead atoms. The molecular formula is C15H20N4S. The third kappa shape index (κ3) is 3.22. The molecule has 106 valence electrons. The van der Waals surface area contributed by atoms with Gasteiger partial charge in [-0.3, -0.25) is 0 Å². The van der Waals surface area contributed by atoms with E-state index < -0.39 is 0 Å². The average molecular weight is 288 g/mol. The van der Waals surface area contributed by atoms with E-state index in [0.717, 1.165) is 17.4 Å². The quantitative estimate of drug-likeness (QED) is 0.937. The first kappa shape index (κ1) is 13.6. The maximum absolute atomic E-state index is 4.80. The summed E-state index contributed by atoms with van der Waals surface area (Å²) in [5.41, 5.74) is 1.38. The molecule has 20 heavy (non-hydrogen) atoms. The highest BCUT2D eigenvalue weighted by molar-refractivity contribution is 7.15. The minimum atomic E-state index is 0.119. The molecule has 2 aromatic heterocycles. The van der Waals surface area contributed by atoms with Gasteiger partial charge in [0.15, 0.2) is 10.8 Å². The lowest BCUT2D eigenvalue weighted by molar-refractivity contribution is 0.425. The Morgan fingerprint density at radius 3 is 2.55 bits per heavy atom. The SMILES string of the molecule is CC(C)(C)NCc1sc(-c2ncccn2)nc1C1CC1. The topological polar surface area (TPSA) is 50.7 Å². The maximum Gasteiger partial charge on any atom is 0.188 e. The van der Waals surface area contributed by atoms with Crippen LogP contribution in [0.5, 0.6) is 0 Å². The van der Waals surface area contributed by atoms with E-state index in [4.69, 9.17) is 4.98 Å². The van der Waals surface area contributed by atoms with E-state index in [2.05, 4.69) is 36.1 Å². The fourth-order valence-electron chi connectivity index (χ4n) is 2.02. The Kier molecular flexibility index (Phi) is 3.56. The third-order valence-electron chi connectivity index (χ3n) is 3.23. The molecule has 1 aliphatic carbocycles. The Bertz CT molecular complexity index is 582. The van der Waals surface area contributed by atoms with Gasteiger partial charge in [-0.05, 0) is 39.7 Å². The molecule has 0 spiro atoms. The number of nitrogens with one attached hydrogen (secondary N) is 1. The lowest BCUT2D eigenvalue weighted by atomic mass is 10.1. The van der Waals surface area contributed by atoms with E-state index in [1.807, 2.05) is 6.07 Å². The lowest BCUT2D eigenvalue weighted by Gasteiger charge is -2.20. The van der Waals surface area contributed by atoms with Crippen molar-refractivity contribution in [3.63, 3.8) is 0 Å². The molecular weight excluding hydrogens is 268 g/mol. The highest BCUT2D eigenvalue weighted by Crippen LogP contribution is 2.43. The van der Waals surface area contributed by atoms with Gasteiger partial charge in [-0.1, -0.05) is 0 Å². The number of hydrogen-bond acceptors (Lipinski definition) is 5. The highest BCUT2D eigenvalue weighted by Gasteiger charge is 2.30. The fourth-order valence-corrected chi connectivity index (χ4v) is 3.05. The van der Waals surface area contributed by atoms with Crippen molar-refractivity contribution in [2.45, 2.75) is 51.6 Å². The fraction of sp³-hybridized carbons (Fsp3) is 0.533. The summed E-state index contributed by atoms with van der Waals surface area (Å²) in [6, 6.07) is 1.83. The molecule has 0 atom stereocenters. The third-order valence-corrected chi connectivity index (χ3v) is 4.30. The second-order valence-electron chi connectivity index (χ2n) is 6.28. The van der Waals surface area contributed by atoms with Crippen LogP contribution in [0.25, 0.3) is 10.8 Å². The van der Waals surface area contributed by atoms with Gasteiger partial charge in [-0.25, -0.2) is 15.0 Å². The van der Waals surface area contributed by atoms with Crippen molar-refractivity contribution in [2.24, 2.45) is 0 Å². The normalized spacial score (nSPS) is 15.6. The van der Waals surface area contributed by atoms with Gasteiger partial charge >= 0.3 is 0 Å². The van der Waals surface area contributed by atoms with Crippen LogP contribution in [-0.4, -0.2) is 20.5 Å². The van der Waals surface area contributed by atoms with Crippen molar-refractivity contribution in [3.8, 4) is 10.8 Å². The van der Waals surface area contributed by atoms with Crippen molar-refractivity contribution >= 4 is 11.3 Å². The predicted octanol–water partition coefficient (Wildman–Crippen LogP) is 3.37. The molecule has 0 aromatic carbocycles. The molecule has 2 heterocycles. The van der Waals surface area contributed by atoms with Crippen LogP contribution in [0.3, 0.4) is 0 Å². The Morgan fingerprint density at radius 1 is 1.25 bits per heavy atom. The van der Waals surface area contributed by atoms with Crippen molar-refractivity contribution in [2.75, 3.05) is 0 Å². The summed E-state index contributed by atoms with van der Waals surface area (Å²) in [6.45, 7) is 7.43.